The number of piperidine rings is 2. The first-order valence-corrected chi connectivity index (χ1v) is 12.5. The molecule has 0 amide bonds. The van der Waals surface area contributed by atoms with Crippen LogP contribution in [0.15, 0.2) is 48.9 Å². The van der Waals surface area contributed by atoms with Crippen LogP contribution < -0.4 is 15.0 Å². The second kappa shape index (κ2) is 8.73. The quantitative estimate of drug-likeness (QED) is 0.408. The molecule has 0 radical (unpaired) electrons. The summed E-state index contributed by atoms with van der Waals surface area (Å²) in [5, 5.41) is 17.3. The number of halogens is 1. The molecule has 3 fully saturated rings. The lowest BCUT2D eigenvalue weighted by atomic mass is 9.55. The summed E-state index contributed by atoms with van der Waals surface area (Å²) in [6.45, 7) is 8.25. The van der Waals surface area contributed by atoms with Gasteiger partial charge in [-0.2, -0.15) is 10.4 Å². The van der Waals surface area contributed by atoms with Crippen LogP contribution in [0.5, 0.6) is 5.75 Å². The van der Waals surface area contributed by atoms with E-state index < -0.39 is 0 Å². The van der Waals surface area contributed by atoms with E-state index in [0.717, 1.165) is 47.7 Å². The number of pyridine rings is 3. The van der Waals surface area contributed by atoms with E-state index in [1.165, 1.54) is 6.07 Å². The van der Waals surface area contributed by atoms with Crippen LogP contribution in [0.2, 0.25) is 0 Å². The SMILES string of the molecule is CCOc1cc(-c2ccc(N3C[C@@H]4C[C@](C)(C3)[C@@H]4Nc3nc(C)ccc3F)nc2)c2c(C#N)cnn2c1. The molecular weight excluding hydrogens is 469 g/mol. The van der Waals surface area contributed by atoms with Crippen molar-refractivity contribution < 1.29 is 9.13 Å². The van der Waals surface area contributed by atoms with Gasteiger partial charge in [-0.1, -0.05) is 6.92 Å². The van der Waals surface area contributed by atoms with E-state index in [1.54, 1.807) is 23.0 Å². The molecule has 3 atom stereocenters. The van der Waals surface area contributed by atoms with Gasteiger partial charge in [-0.25, -0.2) is 18.9 Å². The first kappa shape index (κ1) is 23.2. The highest BCUT2D eigenvalue weighted by molar-refractivity contribution is 5.85. The van der Waals surface area contributed by atoms with Crippen molar-refractivity contribution in [3.8, 4) is 22.9 Å². The number of aryl methyl sites for hydroxylation is 1. The minimum atomic E-state index is -0.312. The first-order valence-electron chi connectivity index (χ1n) is 12.5. The highest BCUT2D eigenvalue weighted by Gasteiger charge is 2.56. The molecule has 6 heterocycles. The number of nitriles is 1. The fourth-order valence-corrected chi connectivity index (χ4v) is 6.00. The average Bonchev–Trinajstić information content (AvgIpc) is 3.32. The van der Waals surface area contributed by atoms with Crippen molar-refractivity contribution in [1.82, 2.24) is 19.6 Å². The lowest BCUT2D eigenvalue weighted by Gasteiger charge is -2.61. The first-order chi connectivity index (χ1) is 17.9. The van der Waals surface area contributed by atoms with Crippen LogP contribution in [0.4, 0.5) is 16.0 Å². The van der Waals surface area contributed by atoms with Gasteiger partial charge in [0.05, 0.1) is 30.1 Å². The zero-order chi connectivity index (χ0) is 25.7. The Morgan fingerprint density at radius 2 is 2.14 bits per heavy atom. The summed E-state index contributed by atoms with van der Waals surface area (Å²) in [4.78, 5) is 11.5. The summed E-state index contributed by atoms with van der Waals surface area (Å²) in [5.41, 5.74) is 3.78. The molecule has 9 heteroatoms. The van der Waals surface area contributed by atoms with Gasteiger partial charge in [-0.05, 0) is 56.5 Å². The summed E-state index contributed by atoms with van der Waals surface area (Å²) in [5.74, 6) is 2.00. The molecule has 2 bridgehead atoms. The van der Waals surface area contributed by atoms with Crippen LogP contribution in [-0.4, -0.2) is 45.3 Å². The molecule has 0 aromatic carbocycles. The fraction of sp³-hybridized carbons (Fsp3) is 0.357. The van der Waals surface area contributed by atoms with Crippen molar-refractivity contribution >= 4 is 17.2 Å². The Balaban J connectivity index is 1.24. The van der Waals surface area contributed by atoms with Gasteiger partial charge in [0.1, 0.15) is 17.6 Å². The number of aromatic nitrogens is 4. The normalized spacial score (nSPS) is 22.4. The molecule has 0 spiro atoms. The molecule has 37 heavy (non-hydrogen) atoms. The topological polar surface area (TPSA) is 91.4 Å². The summed E-state index contributed by atoms with van der Waals surface area (Å²) in [6, 6.07) is 11.6. The third-order valence-corrected chi connectivity index (χ3v) is 7.64. The zero-order valence-electron chi connectivity index (χ0n) is 21.1. The van der Waals surface area contributed by atoms with E-state index in [0.29, 0.717) is 29.7 Å². The molecular formula is C28H28FN7O. The molecule has 4 aromatic rings. The maximum Gasteiger partial charge on any atom is 0.165 e. The predicted octanol–water partition coefficient (Wildman–Crippen LogP) is 4.84. The molecule has 188 valence electrons. The summed E-state index contributed by atoms with van der Waals surface area (Å²) in [6.07, 6.45) is 6.29. The van der Waals surface area contributed by atoms with Gasteiger partial charge in [0.25, 0.3) is 0 Å². The third-order valence-electron chi connectivity index (χ3n) is 7.64. The van der Waals surface area contributed by atoms with Gasteiger partial charge >= 0.3 is 0 Å². The van der Waals surface area contributed by atoms with Crippen molar-refractivity contribution in [3.05, 3.63) is 66.0 Å². The van der Waals surface area contributed by atoms with E-state index in [1.807, 2.05) is 38.2 Å². The molecule has 1 aliphatic carbocycles. The maximum atomic E-state index is 14.3. The Hall–Kier alpha value is -4.19. The fourth-order valence-electron chi connectivity index (χ4n) is 6.00. The lowest BCUT2D eigenvalue weighted by Crippen LogP contribution is -2.67. The maximum absolute atomic E-state index is 14.3. The van der Waals surface area contributed by atoms with Gasteiger partial charge in [0, 0.05) is 47.6 Å². The number of rotatable bonds is 6. The smallest absolute Gasteiger partial charge is 0.165 e. The average molecular weight is 498 g/mol. The van der Waals surface area contributed by atoms with Crippen molar-refractivity contribution in [2.75, 3.05) is 29.9 Å². The molecule has 0 unspecified atom stereocenters. The van der Waals surface area contributed by atoms with Gasteiger partial charge in [0.2, 0.25) is 0 Å². The van der Waals surface area contributed by atoms with Crippen molar-refractivity contribution in [3.63, 3.8) is 0 Å². The summed E-state index contributed by atoms with van der Waals surface area (Å²) < 4.78 is 21.7. The van der Waals surface area contributed by atoms with Gasteiger partial charge in [0.15, 0.2) is 11.6 Å². The minimum Gasteiger partial charge on any atom is -0.492 e. The van der Waals surface area contributed by atoms with Crippen LogP contribution in [0.1, 0.15) is 31.5 Å². The van der Waals surface area contributed by atoms with Crippen LogP contribution in [-0.2, 0) is 0 Å². The van der Waals surface area contributed by atoms with Crippen LogP contribution in [0.25, 0.3) is 16.6 Å². The largest absolute Gasteiger partial charge is 0.492 e. The zero-order valence-corrected chi connectivity index (χ0v) is 21.1. The molecule has 1 N–H and O–H groups in total. The molecule has 4 aromatic heterocycles. The number of hydrogen-bond acceptors (Lipinski definition) is 7. The van der Waals surface area contributed by atoms with Crippen molar-refractivity contribution in [2.24, 2.45) is 11.3 Å². The highest BCUT2D eigenvalue weighted by Crippen LogP contribution is 2.52. The van der Waals surface area contributed by atoms with Crippen molar-refractivity contribution in [1.29, 1.82) is 5.26 Å². The Morgan fingerprint density at radius 1 is 1.27 bits per heavy atom. The highest BCUT2D eigenvalue weighted by atomic mass is 19.1. The van der Waals surface area contributed by atoms with E-state index in [-0.39, 0.29) is 17.3 Å². The molecule has 1 saturated carbocycles. The number of fused-ring (bicyclic) bond motifs is 3. The van der Waals surface area contributed by atoms with Crippen LogP contribution >= 0.6 is 0 Å². The van der Waals surface area contributed by atoms with Crippen molar-refractivity contribution in [2.45, 2.75) is 33.2 Å². The number of ether oxygens (including phenoxy) is 1. The Kier molecular flexibility index (Phi) is 5.48. The second-order valence-electron chi connectivity index (χ2n) is 10.3. The number of hydrogen-bond donors (Lipinski definition) is 1. The molecule has 7 rings (SSSR count). The summed E-state index contributed by atoms with van der Waals surface area (Å²) in [7, 11) is 0. The standard InChI is InChI=1S/C28H28FN7O/c1-4-37-21-9-22(25-20(11-30)13-32-36(25)15-21)18-6-8-24(31-12-18)35-14-19-10-28(3,16-35)26(19)34-27-23(29)7-5-17(2)33-27/h5-9,12-13,15,19,26H,4,10,14,16H2,1-3H3,(H,33,34)/t19-,26+,28+/m0/s1. The monoisotopic (exact) mass is 497 g/mol. The molecule has 8 nitrogen and oxygen atoms in total. The molecule has 2 saturated heterocycles. The molecule has 2 aliphatic heterocycles. The van der Waals surface area contributed by atoms with E-state index >= 15 is 0 Å². The summed E-state index contributed by atoms with van der Waals surface area (Å²) >= 11 is 0. The minimum absolute atomic E-state index is 0.00157. The van der Waals surface area contributed by atoms with E-state index in [9.17, 15) is 9.65 Å². The van der Waals surface area contributed by atoms with Gasteiger partial charge in [-0.3, -0.25) is 0 Å². The Bertz CT molecular complexity index is 1530. The predicted molar refractivity (Wildman–Crippen MR) is 139 cm³/mol. The lowest BCUT2D eigenvalue weighted by molar-refractivity contribution is 0.0273. The van der Waals surface area contributed by atoms with Gasteiger partial charge in [-0.15, -0.1) is 0 Å². The third kappa shape index (κ3) is 3.93. The van der Waals surface area contributed by atoms with Crippen LogP contribution in [0, 0.1) is 35.4 Å². The van der Waals surface area contributed by atoms with Gasteiger partial charge < -0.3 is 15.0 Å². The van der Waals surface area contributed by atoms with Crippen LogP contribution in [0.3, 0.4) is 0 Å². The van der Waals surface area contributed by atoms with E-state index in [2.05, 4.69) is 33.3 Å². The second-order valence-corrected chi connectivity index (χ2v) is 10.3. The molecule has 3 aliphatic rings. The number of nitrogens with zero attached hydrogens (tertiary/aromatic N) is 6. The Labute approximate surface area is 214 Å². The number of nitrogens with one attached hydrogen (secondary N) is 1. The van der Waals surface area contributed by atoms with E-state index in [4.69, 9.17) is 9.72 Å². The number of anilines is 2. The Morgan fingerprint density at radius 3 is 2.86 bits per heavy atom.